The maximum absolute atomic E-state index is 13.0. The van der Waals surface area contributed by atoms with Crippen molar-refractivity contribution in [1.82, 2.24) is 14.9 Å². The van der Waals surface area contributed by atoms with Crippen LogP contribution >= 0.6 is 0 Å². The molecule has 0 unspecified atom stereocenters. The number of hydrogen-bond acceptors (Lipinski definition) is 5. The van der Waals surface area contributed by atoms with Crippen LogP contribution in [0.15, 0.2) is 66.9 Å². The predicted octanol–water partition coefficient (Wildman–Crippen LogP) is 4.67. The molecule has 1 N–H and O–H groups in total. The first-order chi connectivity index (χ1) is 14.1. The first-order valence-electron chi connectivity index (χ1n) is 9.75. The Labute approximate surface area is 171 Å². The fourth-order valence-electron chi connectivity index (χ4n) is 2.88. The lowest BCUT2D eigenvalue weighted by molar-refractivity contribution is 0.0746. The van der Waals surface area contributed by atoms with Gasteiger partial charge in [-0.1, -0.05) is 42.5 Å². The number of benzene rings is 2. The molecule has 0 aliphatic carbocycles. The Kier molecular flexibility index (Phi) is 6.79. The second kappa shape index (κ2) is 9.68. The minimum Gasteiger partial charge on any atom is -0.489 e. The van der Waals surface area contributed by atoms with Gasteiger partial charge in [-0.15, -0.1) is 0 Å². The number of rotatable bonds is 8. The van der Waals surface area contributed by atoms with E-state index in [-0.39, 0.29) is 12.0 Å². The van der Waals surface area contributed by atoms with Crippen LogP contribution in [0.25, 0.3) is 0 Å². The summed E-state index contributed by atoms with van der Waals surface area (Å²) >= 11 is 0. The Morgan fingerprint density at radius 2 is 1.79 bits per heavy atom. The highest BCUT2D eigenvalue weighted by molar-refractivity contribution is 5.92. The van der Waals surface area contributed by atoms with Gasteiger partial charge in [0.05, 0.1) is 11.8 Å². The number of amides is 1. The number of anilines is 2. The van der Waals surface area contributed by atoms with E-state index >= 15 is 0 Å². The first kappa shape index (κ1) is 20.3. The minimum atomic E-state index is -0.131. The highest BCUT2D eigenvalue weighted by Gasteiger charge is 2.17. The fraction of sp³-hybridized carbons (Fsp3) is 0.261. The average Bonchev–Trinajstić information content (AvgIpc) is 2.73. The van der Waals surface area contributed by atoms with Gasteiger partial charge in [-0.25, -0.2) is 9.97 Å². The smallest absolute Gasteiger partial charge is 0.272 e. The Balaban J connectivity index is 1.78. The maximum atomic E-state index is 13.0. The van der Waals surface area contributed by atoms with Gasteiger partial charge in [0.1, 0.15) is 11.4 Å². The van der Waals surface area contributed by atoms with Gasteiger partial charge in [-0.05, 0) is 44.5 Å². The van der Waals surface area contributed by atoms with Crippen LogP contribution in [-0.4, -0.2) is 33.4 Å². The molecule has 0 saturated heterocycles. The molecule has 3 rings (SSSR count). The summed E-state index contributed by atoms with van der Waals surface area (Å²) < 4.78 is 5.82. The molecule has 6 heteroatoms. The molecule has 6 nitrogen and oxygen atoms in total. The number of carbonyl (C=O) groups excluding carboxylic acids is 1. The summed E-state index contributed by atoms with van der Waals surface area (Å²) in [7, 11) is 0. The summed E-state index contributed by atoms with van der Waals surface area (Å²) in [5.41, 5.74) is 2.18. The molecule has 29 heavy (non-hydrogen) atoms. The third-order valence-electron chi connectivity index (χ3n) is 4.26. The van der Waals surface area contributed by atoms with Gasteiger partial charge >= 0.3 is 0 Å². The van der Waals surface area contributed by atoms with Crippen molar-refractivity contribution in [2.24, 2.45) is 0 Å². The second-order valence-electron chi connectivity index (χ2n) is 6.86. The molecule has 3 aromatic rings. The molecule has 1 heterocycles. The maximum Gasteiger partial charge on any atom is 0.272 e. The molecule has 0 radical (unpaired) electrons. The fourth-order valence-corrected chi connectivity index (χ4v) is 2.88. The molecular weight excluding hydrogens is 364 g/mol. The summed E-state index contributed by atoms with van der Waals surface area (Å²) in [5, 5.41) is 3.16. The molecule has 0 bridgehead atoms. The molecule has 0 fully saturated rings. The first-order valence-corrected chi connectivity index (χ1v) is 9.75. The van der Waals surface area contributed by atoms with Crippen LogP contribution in [0.5, 0.6) is 5.75 Å². The summed E-state index contributed by atoms with van der Waals surface area (Å²) in [6.45, 7) is 7.03. The van der Waals surface area contributed by atoms with E-state index in [2.05, 4.69) is 15.3 Å². The Hall–Kier alpha value is -3.41. The Morgan fingerprint density at radius 3 is 2.52 bits per heavy atom. The summed E-state index contributed by atoms with van der Waals surface area (Å²) in [6, 6.07) is 19.1. The third-order valence-corrected chi connectivity index (χ3v) is 4.26. The van der Waals surface area contributed by atoms with Crippen molar-refractivity contribution in [2.45, 2.75) is 33.4 Å². The van der Waals surface area contributed by atoms with Crippen molar-refractivity contribution in [3.63, 3.8) is 0 Å². The van der Waals surface area contributed by atoms with Crippen LogP contribution in [0.4, 0.5) is 11.6 Å². The summed E-state index contributed by atoms with van der Waals surface area (Å²) in [5.74, 6) is 0.932. The Bertz CT molecular complexity index is 944. The largest absolute Gasteiger partial charge is 0.489 e. The number of nitrogens with zero attached hydrogens (tertiary/aromatic N) is 3. The van der Waals surface area contributed by atoms with E-state index in [0.717, 1.165) is 11.3 Å². The lowest BCUT2D eigenvalue weighted by atomic mass is 10.2. The van der Waals surface area contributed by atoms with Crippen LogP contribution in [0.3, 0.4) is 0 Å². The van der Waals surface area contributed by atoms with Gasteiger partial charge in [-0.3, -0.25) is 4.79 Å². The van der Waals surface area contributed by atoms with Crippen molar-refractivity contribution in [3.8, 4) is 5.75 Å². The molecule has 1 aromatic heterocycles. The zero-order chi connectivity index (χ0) is 20.6. The van der Waals surface area contributed by atoms with Gasteiger partial charge in [-0.2, -0.15) is 0 Å². The molecule has 0 aliphatic heterocycles. The van der Waals surface area contributed by atoms with E-state index in [1.165, 1.54) is 0 Å². The molecule has 0 saturated carbocycles. The number of nitrogens with one attached hydrogen (secondary N) is 1. The van der Waals surface area contributed by atoms with E-state index in [9.17, 15) is 4.79 Å². The third kappa shape index (κ3) is 5.54. The topological polar surface area (TPSA) is 67.4 Å². The van der Waals surface area contributed by atoms with E-state index in [4.69, 9.17) is 4.74 Å². The van der Waals surface area contributed by atoms with Crippen LogP contribution in [0.2, 0.25) is 0 Å². The monoisotopic (exact) mass is 390 g/mol. The lowest BCUT2D eigenvalue weighted by Crippen LogP contribution is -2.31. The molecule has 150 valence electrons. The average molecular weight is 390 g/mol. The Morgan fingerprint density at radius 1 is 1.07 bits per heavy atom. The number of para-hydroxylation sites is 2. The minimum absolute atomic E-state index is 0.0443. The number of hydrogen-bond donors (Lipinski definition) is 1. The molecular formula is C23H26N4O2. The van der Waals surface area contributed by atoms with Crippen LogP contribution < -0.4 is 10.1 Å². The summed E-state index contributed by atoms with van der Waals surface area (Å²) in [4.78, 5) is 23.4. The van der Waals surface area contributed by atoms with Crippen molar-refractivity contribution < 1.29 is 9.53 Å². The molecule has 2 aromatic carbocycles. The normalized spacial score (nSPS) is 10.6. The standard InChI is InChI=1S/C23H26N4O2/c1-4-27(16-18-10-6-5-7-11-18)22(28)20-14-15-24-23(26-20)25-19-12-8-9-13-21(19)29-17(2)3/h5-15,17H,4,16H2,1-3H3,(H,24,25,26). The zero-order valence-corrected chi connectivity index (χ0v) is 17.0. The van der Waals surface area contributed by atoms with Crippen molar-refractivity contribution in [2.75, 3.05) is 11.9 Å². The lowest BCUT2D eigenvalue weighted by Gasteiger charge is -2.21. The van der Waals surface area contributed by atoms with E-state index in [0.29, 0.717) is 30.5 Å². The molecule has 0 aliphatic rings. The van der Waals surface area contributed by atoms with Crippen molar-refractivity contribution in [3.05, 3.63) is 78.1 Å². The number of carbonyl (C=O) groups is 1. The molecule has 0 atom stereocenters. The van der Waals surface area contributed by atoms with E-state index in [1.807, 2.05) is 75.4 Å². The number of ether oxygens (including phenoxy) is 1. The molecule has 0 spiro atoms. The second-order valence-corrected chi connectivity index (χ2v) is 6.86. The van der Waals surface area contributed by atoms with Gasteiger partial charge in [0.15, 0.2) is 0 Å². The number of aromatic nitrogens is 2. The van der Waals surface area contributed by atoms with Gasteiger partial charge in [0, 0.05) is 19.3 Å². The predicted molar refractivity (Wildman–Crippen MR) is 114 cm³/mol. The highest BCUT2D eigenvalue weighted by Crippen LogP contribution is 2.27. The van der Waals surface area contributed by atoms with Crippen molar-refractivity contribution >= 4 is 17.5 Å². The van der Waals surface area contributed by atoms with E-state index < -0.39 is 0 Å². The quantitative estimate of drug-likeness (QED) is 0.605. The van der Waals surface area contributed by atoms with Gasteiger partial charge in [0.2, 0.25) is 5.95 Å². The van der Waals surface area contributed by atoms with Crippen LogP contribution in [0, 0.1) is 0 Å². The molecule has 1 amide bonds. The van der Waals surface area contributed by atoms with Crippen LogP contribution in [0.1, 0.15) is 36.8 Å². The van der Waals surface area contributed by atoms with Gasteiger partial charge in [0.25, 0.3) is 5.91 Å². The summed E-state index contributed by atoms with van der Waals surface area (Å²) in [6.07, 6.45) is 1.63. The zero-order valence-electron chi connectivity index (χ0n) is 17.0. The van der Waals surface area contributed by atoms with Crippen LogP contribution in [-0.2, 0) is 6.54 Å². The van der Waals surface area contributed by atoms with Crippen molar-refractivity contribution in [1.29, 1.82) is 0 Å². The highest BCUT2D eigenvalue weighted by atomic mass is 16.5. The van der Waals surface area contributed by atoms with E-state index in [1.54, 1.807) is 17.2 Å². The SMILES string of the molecule is CCN(Cc1ccccc1)C(=O)c1ccnc(Nc2ccccc2OC(C)C)n1. The van der Waals surface area contributed by atoms with Gasteiger partial charge < -0.3 is 15.0 Å².